The smallest absolute Gasteiger partial charge is 0.339 e. The lowest BCUT2D eigenvalue weighted by Gasteiger charge is -2.14. The number of rotatable bonds is 4. The van der Waals surface area contributed by atoms with Crippen molar-refractivity contribution in [2.45, 2.75) is 20.3 Å². The monoisotopic (exact) mass is 266 g/mol. The van der Waals surface area contributed by atoms with E-state index in [4.69, 9.17) is 27.3 Å². The highest BCUT2D eigenvalue weighted by molar-refractivity contribution is 6.36. The normalized spacial score (nSPS) is 10.8. The summed E-state index contributed by atoms with van der Waals surface area (Å²) in [6.45, 7) is 3.74. The molecular formula is C13H15ClN2O2. The topological polar surface area (TPSA) is 76.1 Å². The molecule has 96 valence electrons. The summed E-state index contributed by atoms with van der Waals surface area (Å²) in [6.07, 6.45) is 0.467. The maximum absolute atomic E-state index is 11.7. The van der Waals surface area contributed by atoms with Crippen LogP contribution in [0.15, 0.2) is 18.2 Å². The van der Waals surface area contributed by atoms with Crippen LogP contribution in [0.5, 0.6) is 0 Å². The summed E-state index contributed by atoms with van der Waals surface area (Å²) in [5, 5.41) is 9.03. The van der Waals surface area contributed by atoms with Crippen LogP contribution in [0.3, 0.4) is 0 Å². The van der Waals surface area contributed by atoms with Gasteiger partial charge >= 0.3 is 5.97 Å². The number of carbonyl (C=O) groups excluding carboxylic acids is 1. The minimum absolute atomic E-state index is 0.171. The number of benzene rings is 1. The molecule has 0 radical (unpaired) electrons. The van der Waals surface area contributed by atoms with E-state index < -0.39 is 11.4 Å². The van der Waals surface area contributed by atoms with Gasteiger partial charge in [0, 0.05) is 0 Å². The van der Waals surface area contributed by atoms with E-state index >= 15 is 0 Å². The van der Waals surface area contributed by atoms with Gasteiger partial charge in [-0.2, -0.15) is 5.26 Å². The zero-order valence-corrected chi connectivity index (χ0v) is 11.1. The third-order valence-corrected chi connectivity index (χ3v) is 2.93. The molecule has 0 aliphatic heterocycles. The summed E-state index contributed by atoms with van der Waals surface area (Å²) < 4.78 is 5.07. The third-order valence-electron chi connectivity index (χ3n) is 2.51. The van der Waals surface area contributed by atoms with Crippen LogP contribution in [0.25, 0.3) is 0 Å². The molecule has 0 saturated heterocycles. The fourth-order valence-corrected chi connectivity index (χ4v) is 1.44. The molecule has 0 spiro atoms. The molecule has 5 heteroatoms. The molecule has 4 nitrogen and oxygen atoms in total. The Morgan fingerprint density at radius 2 is 2.22 bits per heavy atom. The van der Waals surface area contributed by atoms with Gasteiger partial charge in [-0.3, -0.25) is 0 Å². The Bertz CT molecular complexity index is 492. The van der Waals surface area contributed by atoms with Crippen molar-refractivity contribution >= 4 is 23.3 Å². The van der Waals surface area contributed by atoms with Crippen LogP contribution in [0.2, 0.25) is 5.02 Å². The summed E-state index contributed by atoms with van der Waals surface area (Å²) in [5.41, 5.74) is 5.66. The van der Waals surface area contributed by atoms with Crippen molar-refractivity contribution in [3.63, 3.8) is 0 Å². The Kier molecular flexibility index (Phi) is 4.57. The van der Waals surface area contributed by atoms with Gasteiger partial charge in [-0.15, -0.1) is 0 Å². The zero-order chi connectivity index (χ0) is 13.8. The number of nitrogen functional groups attached to an aromatic ring is 1. The second-order valence-electron chi connectivity index (χ2n) is 4.59. The van der Waals surface area contributed by atoms with Crippen molar-refractivity contribution in [3.8, 4) is 6.07 Å². The lowest BCUT2D eigenvalue weighted by atomic mass is 9.92. The largest absolute Gasteiger partial charge is 0.462 e. The molecule has 18 heavy (non-hydrogen) atoms. The lowest BCUT2D eigenvalue weighted by Crippen LogP contribution is -2.15. The summed E-state index contributed by atoms with van der Waals surface area (Å²) in [7, 11) is 0. The predicted octanol–water partition coefficient (Wildman–Crippen LogP) is 3.02. The first-order valence-corrected chi connectivity index (χ1v) is 5.87. The second-order valence-corrected chi connectivity index (χ2v) is 4.97. The Morgan fingerprint density at radius 1 is 1.56 bits per heavy atom. The third kappa shape index (κ3) is 3.64. The minimum Gasteiger partial charge on any atom is -0.462 e. The highest BCUT2D eigenvalue weighted by Crippen LogP contribution is 2.24. The van der Waals surface area contributed by atoms with Gasteiger partial charge in [0.2, 0.25) is 0 Å². The van der Waals surface area contributed by atoms with E-state index in [-0.39, 0.29) is 17.2 Å². The fraction of sp³-hybridized carbons (Fsp3) is 0.385. The molecule has 0 bridgehead atoms. The van der Waals surface area contributed by atoms with Gasteiger partial charge < -0.3 is 10.5 Å². The number of anilines is 1. The molecule has 1 aromatic rings. The van der Waals surface area contributed by atoms with Gasteiger partial charge in [0.1, 0.15) is 0 Å². The molecule has 2 N–H and O–H groups in total. The number of nitrogens with zero attached hydrogens (tertiary/aromatic N) is 1. The number of ether oxygens (including phenoxy) is 1. The van der Waals surface area contributed by atoms with Gasteiger partial charge in [-0.1, -0.05) is 17.7 Å². The minimum atomic E-state index is -0.527. The van der Waals surface area contributed by atoms with E-state index in [1.54, 1.807) is 32.0 Å². The van der Waals surface area contributed by atoms with Gasteiger partial charge in [-0.25, -0.2) is 4.79 Å². The molecule has 1 aromatic carbocycles. The molecule has 0 unspecified atom stereocenters. The average molecular weight is 267 g/mol. The fourth-order valence-electron chi connectivity index (χ4n) is 1.24. The van der Waals surface area contributed by atoms with Crippen molar-refractivity contribution in [2.75, 3.05) is 12.3 Å². The van der Waals surface area contributed by atoms with Crippen molar-refractivity contribution < 1.29 is 9.53 Å². The SMILES string of the molecule is CC(C)(C#N)CCOC(=O)c1cccc(N)c1Cl. The van der Waals surface area contributed by atoms with Crippen LogP contribution in [0.1, 0.15) is 30.6 Å². The number of halogens is 1. The Labute approximate surface area is 111 Å². The molecule has 0 atom stereocenters. The van der Waals surface area contributed by atoms with Crippen LogP contribution in [0.4, 0.5) is 5.69 Å². The Balaban J connectivity index is 2.62. The molecule has 1 rings (SSSR count). The first-order valence-electron chi connectivity index (χ1n) is 5.50. The van der Waals surface area contributed by atoms with E-state index in [0.717, 1.165) is 0 Å². The summed E-state index contributed by atoms with van der Waals surface area (Å²) >= 11 is 5.91. The maximum atomic E-state index is 11.7. The first kappa shape index (κ1) is 14.3. The molecule has 0 fully saturated rings. The van der Waals surface area contributed by atoms with Crippen molar-refractivity contribution in [2.24, 2.45) is 5.41 Å². The molecule has 0 aromatic heterocycles. The van der Waals surface area contributed by atoms with Crippen LogP contribution >= 0.6 is 11.6 Å². The first-order chi connectivity index (χ1) is 8.37. The summed E-state index contributed by atoms with van der Waals surface area (Å²) in [4.78, 5) is 11.7. The number of nitrogens with two attached hydrogens (primary N) is 1. The predicted molar refractivity (Wildman–Crippen MR) is 70.2 cm³/mol. The van der Waals surface area contributed by atoms with Crippen LogP contribution in [0, 0.1) is 16.7 Å². The highest BCUT2D eigenvalue weighted by Gasteiger charge is 2.18. The van der Waals surface area contributed by atoms with Gasteiger partial charge in [0.25, 0.3) is 0 Å². The average Bonchev–Trinajstić information content (AvgIpc) is 2.32. The van der Waals surface area contributed by atoms with E-state index in [1.165, 1.54) is 0 Å². The van der Waals surface area contributed by atoms with E-state index in [2.05, 4.69) is 6.07 Å². The van der Waals surface area contributed by atoms with E-state index in [1.807, 2.05) is 0 Å². The lowest BCUT2D eigenvalue weighted by molar-refractivity contribution is 0.0475. The van der Waals surface area contributed by atoms with E-state index in [9.17, 15) is 4.79 Å². The van der Waals surface area contributed by atoms with Crippen molar-refractivity contribution in [1.82, 2.24) is 0 Å². The molecule has 0 aliphatic carbocycles. The van der Waals surface area contributed by atoms with E-state index in [0.29, 0.717) is 12.1 Å². The van der Waals surface area contributed by atoms with Crippen molar-refractivity contribution in [3.05, 3.63) is 28.8 Å². The number of hydrogen-bond donors (Lipinski definition) is 1. The van der Waals surface area contributed by atoms with Crippen LogP contribution < -0.4 is 5.73 Å². The maximum Gasteiger partial charge on any atom is 0.339 e. The van der Waals surface area contributed by atoms with Crippen molar-refractivity contribution in [1.29, 1.82) is 5.26 Å². The van der Waals surface area contributed by atoms with Gasteiger partial charge in [0.05, 0.1) is 34.4 Å². The number of hydrogen-bond acceptors (Lipinski definition) is 4. The number of nitriles is 1. The molecule has 0 aliphatic rings. The van der Waals surface area contributed by atoms with Crippen LogP contribution in [-0.2, 0) is 4.74 Å². The Morgan fingerprint density at radius 3 is 2.83 bits per heavy atom. The highest BCUT2D eigenvalue weighted by atomic mass is 35.5. The second kappa shape index (κ2) is 5.74. The standard InChI is InChI=1S/C13H15ClN2O2/c1-13(2,8-15)6-7-18-12(17)9-4-3-5-10(16)11(9)14/h3-5H,6-7,16H2,1-2H3. The Hall–Kier alpha value is -1.73. The molecule has 0 heterocycles. The number of esters is 1. The molecule has 0 amide bonds. The summed E-state index contributed by atoms with van der Waals surface area (Å²) in [6, 6.07) is 6.93. The van der Waals surface area contributed by atoms with Gasteiger partial charge in [-0.05, 0) is 32.4 Å². The molecular weight excluding hydrogens is 252 g/mol. The van der Waals surface area contributed by atoms with Gasteiger partial charge in [0.15, 0.2) is 0 Å². The molecule has 0 saturated carbocycles. The zero-order valence-electron chi connectivity index (χ0n) is 10.4. The summed E-state index contributed by atoms with van der Waals surface area (Å²) in [5.74, 6) is -0.527. The van der Waals surface area contributed by atoms with Crippen LogP contribution in [-0.4, -0.2) is 12.6 Å². The number of carbonyl (C=O) groups is 1. The quantitative estimate of drug-likeness (QED) is 0.671.